The van der Waals surface area contributed by atoms with Crippen LogP contribution in [0.3, 0.4) is 0 Å². The summed E-state index contributed by atoms with van der Waals surface area (Å²) < 4.78 is 6.16. The number of nitrogens with zero attached hydrogens (tertiary/aromatic N) is 1. The smallest absolute Gasteiger partial charge is 0.135 e. The van der Waals surface area contributed by atoms with Crippen molar-refractivity contribution in [2.24, 2.45) is 0 Å². The van der Waals surface area contributed by atoms with Gasteiger partial charge in [-0.15, -0.1) is 0 Å². The summed E-state index contributed by atoms with van der Waals surface area (Å²) >= 11 is 0. The molecular formula is C64H43NO. The minimum atomic E-state index is 0.901. The zero-order valence-corrected chi connectivity index (χ0v) is 36.2. The van der Waals surface area contributed by atoms with Crippen molar-refractivity contribution in [3.63, 3.8) is 0 Å². The number of fused-ring (bicyclic) bond motifs is 4. The predicted molar refractivity (Wildman–Crippen MR) is 279 cm³/mol. The second-order valence-electron chi connectivity index (χ2n) is 16.9. The fourth-order valence-electron chi connectivity index (χ4n) is 9.65. The maximum atomic E-state index is 6.16. The molecule has 0 aliphatic rings. The second-order valence-corrected chi connectivity index (χ2v) is 16.9. The summed E-state index contributed by atoms with van der Waals surface area (Å²) in [6.07, 6.45) is 0. The lowest BCUT2D eigenvalue weighted by molar-refractivity contribution is 0.669. The molecule has 0 amide bonds. The number of para-hydroxylation sites is 1. The van der Waals surface area contributed by atoms with Gasteiger partial charge in [0.15, 0.2) is 0 Å². The summed E-state index contributed by atoms with van der Waals surface area (Å²) in [7, 11) is 0. The molecule has 0 atom stereocenters. The Morgan fingerprint density at radius 3 is 1.36 bits per heavy atom. The van der Waals surface area contributed by atoms with Gasteiger partial charge in [0.2, 0.25) is 0 Å². The molecule has 0 bridgehead atoms. The first-order chi connectivity index (χ1) is 32.7. The lowest BCUT2D eigenvalue weighted by Crippen LogP contribution is -2.10. The van der Waals surface area contributed by atoms with Crippen LogP contribution >= 0.6 is 0 Å². The van der Waals surface area contributed by atoms with Crippen molar-refractivity contribution in [1.82, 2.24) is 0 Å². The average molecular weight is 842 g/mol. The molecule has 0 unspecified atom stereocenters. The van der Waals surface area contributed by atoms with Gasteiger partial charge in [-0.3, -0.25) is 0 Å². The summed E-state index contributed by atoms with van der Waals surface area (Å²) in [5.41, 5.74) is 19.3. The normalized spacial score (nSPS) is 11.3. The number of anilines is 3. The van der Waals surface area contributed by atoms with Gasteiger partial charge in [-0.2, -0.15) is 0 Å². The van der Waals surface area contributed by atoms with Crippen molar-refractivity contribution in [3.05, 3.63) is 261 Å². The van der Waals surface area contributed by atoms with E-state index in [9.17, 15) is 0 Å². The molecule has 0 saturated heterocycles. The van der Waals surface area contributed by atoms with E-state index in [4.69, 9.17) is 4.42 Å². The van der Waals surface area contributed by atoms with Crippen LogP contribution in [0.25, 0.3) is 99.5 Å². The molecule has 0 N–H and O–H groups in total. The van der Waals surface area contributed by atoms with E-state index in [0.717, 1.165) is 55.7 Å². The highest BCUT2D eigenvalue weighted by Gasteiger charge is 2.18. The Kier molecular flexibility index (Phi) is 9.89. The summed E-state index contributed by atoms with van der Waals surface area (Å²) in [4.78, 5) is 2.37. The van der Waals surface area contributed by atoms with Crippen LogP contribution < -0.4 is 4.90 Å². The summed E-state index contributed by atoms with van der Waals surface area (Å²) in [6.45, 7) is 0. The number of hydrogen-bond donors (Lipinski definition) is 0. The highest BCUT2D eigenvalue weighted by Crippen LogP contribution is 2.43. The van der Waals surface area contributed by atoms with Gasteiger partial charge < -0.3 is 9.32 Å². The van der Waals surface area contributed by atoms with Gasteiger partial charge in [0.25, 0.3) is 0 Å². The molecule has 2 heteroatoms. The van der Waals surface area contributed by atoms with Crippen LogP contribution in [0.5, 0.6) is 0 Å². The van der Waals surface area contributed by atoms with E-state index in [0.29, 0.717) is 0 Å². The van der Waals surface area contributed by atoms with Gasteiger partial charge in [0.05, 0.1) is 0 Å². The SMILES string of the molecule is c1ccc(-c2ccccc2-c2ccccc2-c2ccccc2-c2ccc(N(c3ccc(-c4ccc5oc6ccccc6c5c4)cc3)c3cccc(-c4ccc5ccccc5c4)c3)cc2)cc1. The van der Waals surface area contributed by atoms with Crippen molar-refractivity contribution < 1.29 is 4.42 Å². The standard InChI is InChI=1S/C64H43NO/c1-2-16-46(17-3-1)55-21-6-8-23-57(55)59-25-10-11-26-60(59)58-24-9-7-22-56(58)47-33-38-53(39-34-47)65(54-20-14-19-49(42-54)50-30-29-44-15-4-5-18-48(44)41-50)52-36-31-45(32-37-52)51-35-40-64-62(43-51)61-27-12-13-28-63(61)66-64/h1-43H. The Morgan fingerprint density at radius 1 is 0.227 bits per heavy atom. The number of benzene rings is 11. The Hall–Kier alpha value is -8.72. The molecule has 0 fully saturated rings. The van der Waals surface area contributed by atoms with Gasteiger partial charge in [0, 0.05) is 27.8 Å². The van der Waals surface area contributed by atoms with E-state index < -0.39 is 0 Å². The van der Waals surface area contributed by atoms with E-state index in [1.807, 2.05) is 12.1 Å². The first kappa shape index (κ1) is 38.9. The minimum Gasteiger partial charge on any atom is -0.456 e. The molecule has 11 aromatic carbocycles. The quantitative estimate of drug-likeness (QED) is 0.144. The molecule has 0 aliphatic heterocycles. The molecule has 66 heavy (non-hydrogen) atoms. The van der Waals surface area contributed by atoms with E-state index in [-0.39, 0.29) is 0 Å². The van der Waals surface area contributed by atoms with Crippen LogP contribution in [0, 0.1) is 0 Å². The van der Waals surface area contributed by atoms with Gasteiger partial charge >= 0.3 is 0 Å². The van der Waals surface area contributed by atoms with E-state index in [1.54, 1.807) is 0 Å². The third-order valence-electron chi connectivity index (χ3n) is 12.9. The lowest BCUT2D eigenvalue weighted by atomic mass is 9.87. The summed E-state index contributed by atoms with van der Waals surface area (Å²) in [5, 5.41) is 4.73. The molecule has 1 heterocycles. The van der Waals surface area contributed by atoms with Crippen molar-refractivity contribution in [1.29, 1.82) is 0 Å². The van der Waals surface area contributed by atoms with Crippen LogP contribution in [-0.2, 0) is 0 Å². The molecular weight excluding hydrogens is 799 g/mol. The maximum absolute atomic E-state index is 6.16. The van der Waals surface area contributed by atoms with Crippen LogP contribution in [-0.4, -0.2) is 0 Å². The summed E-state index contributed by atoms with van der Waals surface area (Å²) in [5.74, 6) is 0. The monoisotopic (exact) mass is 841 g/mol. The molecule has 12 rings (SSSR count). The average Bonchev–Trinajstić information content (AvgIpc) is 3.77. The molecule has 1 aromatic heterocycles. The molecule has 310 valence electrons. The fourth-order valence-corrected chi connectivity index (χ4v) is 9.65. The van der Waals surface area contributed by atoms with Crippen molar-refractivity contribution in [2.75, 3.05) is 4.90 Å². The topological polar surface area (TPSA) is 16.4 Å². The second kappa shape index (κ2) is 16.8. The zero-order chi connectivity index (χ0) is 43.8. The summed E-state index contributed by atoms with van der Waals surface area (Å²) in [6, 6.07) is 94.0. The highest BCUT2D eigenvalue weighted by atomic mass is 16.3. The largest absolute Gasteiger partial charge is 0.456 e. The fraction of sp³-hybridized carbons (Fsp3) is 0. The van der Waals surface area contributed by atoms with Crippen molar-refractivity contribution in [3.8, 4) is 66.8 Å². The van der Waals surface area contributed by atoms with Gasteiger partial charge in [-0.1, -0.05) is 200 Å². The Labute approximate surface area is 384 Å². The van der Waals surface area contributed by atoms with Gasteiger partial charge in [-0.05, 0) is 138 Å². The Balaban J connectivity index is 0.939. The van der Waals surface area contributed by atoms with Gasteiger partial charge in [0.1, 0.15) is 11.2 Å². The minimum absolute atomic E-state index is 0.901. The van der Waals surface area contributed by atoms with Crippen LogP contribution in [0.15, 0.2) is 265 Å². The number of furan rings is 1. The van der Waals surface area contributed by atoms with E-state index >= 15 is 0 Å². The third-order valence-corrected chi connectivity index (χ3v) is 12.9. The van der Waals surface area contributed by atoms with Crippen LogP contribution in [0.4, 0.5) is 17.1 Å². The zero-order valence-electron chi connectivity index (χ0n) is 36.2. The van der Waals surface area contributed by atoms with E-state index in [1.165, 1.54) is 60.8 Å². The van der Waals surface area contributed by atoms with Crippen LogP contribution in [0.2, 0.25) is 0 Å². The van der Waals surface area contributed by atoms with Crippen LogP contribution in [0.1, 0.15) is 0 Å². The third kappa shape index (κ3) is 7.21. The first-order valence-corrected chi connectivity index (χ1v) is 22.6. The van der Waals surface area contributed by atoms with Gasteiger partial charge in [-0.25, -0.2) is 0 Å². The predicted octanol–water partition coefficient (Wildman–Crippen LogP) is 18.2. The van der Waals surface area contributed by atoms with Crippen molar-refractivity contribution >= 4 is 49.8 Å². The first-order valence-electron chi connectivity index (χ1n) is 22.6. The van der Waals surface area contributed by atoms with Crippen molar-refractivity contribution in [2.45, 2.75) is 0 Å². The Bertz CT molecular complexity index is 3700. The maximum Gasteiger partial charge on any atom is 0.135 e. The number of rotatable bonds is 9. The molecule has 2 nitrogen and oxygen atoms in total. The number of hydrogen-bond acceptors (Lipinski definition) is 2. The molecule has 0 saturated carbocycles. The Morgan fingerprint density at radius 2 is 0.682 bits per heavy atom. The van der Waals surface area contributed by atoms with E-state index in [2.05, 4.69) is 254 Å². The lowest BCUT2D eigenvalue weighted by Gasteiger charge is -2.26. The molecule has 0 radical (unpaired) electrons. The molecule has 0 aliphatic carbocycles. The molecule has 12 aromatic rings. The molecule has 0 spiro atoms. The highest BCUT2D eigenvalue weighted by molar-refractivity contribution is 6.06.